The Balaban J connectivity index is 1.66. The Hall–Kier alpha value is -1.68. The van der Waals surface area contributed by atoms with E-state index in [0.29, 0.717) is 11.7 Å². The van der Waals surface area contributed by atoms with Crippen molar-refractivity contribution < 1.29 is 9.59 Å². The SMILES string of the molecule is CC1CCC(N[C@H]2CC(=O)N(c3ccccc3)C2=O)CC1. The van der Waals surface area contributed by atoms with Gasteiger partial charge in [-0.15, -0.1) is 0 Å². The van der Waals surface area contributed by atoms with E-state index in [9.17, 15) is 9.59 Å². The van der Waals surface area contributed by atoms with Crippen LogP contribution in [-0.4, -0.2) is 23.9 Å². The summed E-state index contributed by atoms with van der Waals surface area (Å²) in [6.07, 6.45) is 4.89. The fourth-order valence-electron chi connectivity index (χ4n) is 3.32. The quantitative estimate of drug-likeness (QED) is 0.869. The number of nitrogens with one attached hydrogen (secondary N) is 1. The maximum atomic E-state index is 12.5. The molecule has 4 heteroatoms. The third kappa shape index (κ3) is 3.00. The molecule has 4 nitrogen and oxygen atoms in total. The second kappa shape index (κ2) is 5.98. The molecule has 1 heterocycles. The molecule has 21 heavy (non-hydrogen) atoms. The van der Waals surface area contributed by atoms with Gasteiger partial charge in [0.25, 0.3) is 5.91 Å². The van der Waals surface area contributed by atoms with E-state index in [1.807, 2.05) is 18.2 Å². The van der Waals surface area contributed by atoms with Gasteiger partial charge < -0.3 is 5.32 Å². The first-order valence-corrected chi connectivity index (χ1v) is 7.83. The predicted molar refractivity (Wildman–Crippen MR) is 81.9 cm³/mol. The lowest BCUT2D eigenvalue weighted by Crippen LogP contribution is -2.45. The molecule has 1 aliphatic heterocycles. The van der Waals surface area contributed by atoms with Crippen LogP contribution in [-0.2, 0) is 9.59 Å². The molecule has 0 aromatic heterocycles. The number of rotatable bonds is 3. The summed E-state index contributed by atoms with van der Waals surface area (Å²) in [5.41, 5.74) is 0.675. The molecule has 0 bridgehead atoms. The van der Waals surface area contributed by atoms with E-state index in [-0.39, 0.29) is 24.3 Å². The van der Waals surface area contributed by atoms with E-state index in [1.165, 1.54) is 17.7 Å². The summed E-state index contributed by atoms with van der Waals surface area (Å²) in [6, 6.07) is 9.21. The van der Waals surface area contributed by atoms with Crippen molar-refractivity contribution in [2.75, 3.05) is 4.90 Å². The van der Waals surface area contributed by atoms with Gasteiger partial charge in [0, 0.05) is 6.04 Å². The molecule has 0 spiro atoms. The largest absolute Gasteiger partial charge is 0.303 e. The van der Waals surface area contributed by atoms with Gasteiger partial charge in [0.15, 0.2) is 0 Å². The first kappa shape index (κ1) is 14.3. The monoisotopic (exact) mass is 286 g/mol. The van der Waals surface area contributed by atoms with Crippen molar-refractivity contribution in [2.24, 2.45) is 5.92 Å². The van der Waals surface area contributed by atoms with Crippen LogP contribution >= 0.6 is 0 Å². The average Bonchev–Trinajstić information content (AvgIpc) is 2.77. The first-order chi connectivity index (χ1) is 10.1. The summed E-state index contributed by atoms with van der Waals surface area (Å²) in [6.45, 7) is 2.28. The molecule has 1 saturated carbocycles. The lowest BCUT2D eigenvalue weighted by atomic mass is 9.87. The van der Waals surface area contributed by atoms with Crippen LogP contribution < -0.4 is 10.2 Å². The molecule has 0 unspecified atom stereocenters. The topological polar surface area (TPSA) is 49.4 Å². The Morgan fingerprint density at radius 1 is 1.05 bits per heavy atom. The lowest BCUT2D eigenvalue weighted by molar-refractivity contribution is -0.121. The van der Waals surface area contributed by atoms with Crippen LogP contribution in [0, 0.1) is 5.92 Å². The van der Waals surface area contributed by atoms with Crippen LogP contribution in [0.2, 0.25) is 0 Å². The number of anilines is 1. The van der Waals surface area contributed by atoms with E-state index in [4.69, 9.17) is 0 Å². The summed E-state index contributed by atoms with van der Waals surface area (Å²) in [4.78, 5) is 26.0. The van der Waals surface area contributed by atoms with Crippen molar-refractivity contribution in [1.29, 1.82) is 0 Å². The zero-order valence-corrected chi connectivity index (χ0v) is 12.4. The summed E-state index contributed by atoms with van der Waals surface area (Å²) in [5, 5.41) is 3.41. The molecule has 1 saturated heterocycles. The van der Waals surface area contributed by atoms with Gasteiger partial charge in [0.2, 0.25) is 5.91 Å². The van der Waals surface area contributed by atoms with Gasteiger partial charge in [0.05, 0.1) is 18.2 Å². The Labute approximate surface area is 125 Å². The van der Waals surface area contributed by atoms with E-state index >= 15 is 0 Å². The normalized spacial score (nSPS) is 30.0. The third-order valence-electron chi connectivity index (χ3n) is 4.61. The second-order valence-corrected chi connectivity index (χ2v) is 6.28. The predicted octanol–water partition coefficient (Wildman–Crippen LogP) is 2.49. The van der Waals surface area contributed by atoms with Crippen LogP contribution in [0.1, 0.15) is 39.0 Å². The highest BCUT2D eigenvalue weighted by Gasteiger charge is 2.40. The van der Waals surface area contributed by atoms with E-state index in [2.05, 4.69) is 12.2 Å². The molecule has 1 aromatic rings. The van der Waals surface area contributed by atoms with E-state index < -0.39 is 0 Å². The van der Waals surface area contributed by atoms with E-state index in [1.54, 1.807) is 12.1 Å². The van der Waals surface area contributed by atoms with E-state index in [0.717, 1.165) is 18.8 Å². The number of carbonyl (C=O) groups is 2. The number of imide groups is 1. The number of hydrogen-bond donors (Lipinski definition) is 1. The van der Waals surface area contributed by atoms with Gasteiger partial charge in [-0.25, -0.2) is 4.90 Å². The Morgan fingerprint density at radius 2 is 1.71 bits per heavy atom. The van der Waals surface area contributed by atoms with Crippen molar-refractivity contribution in [3.8, 4) is 0 Å². The second-order valence-electron chi connectivity index (χ2n) is 6.28. The number of carbonyl (C=O) groups excluding carboxylic acids is 2. The summed E-state index contributed by atoms with van der Waals surface area (Å²) >= 11 is 0. The zero-order chi connectivity index (χ0) is 14.8. The number of hydrogen-bond acceptors (Lipinski definition) is 3. The highest BCUT2D eigenvalue weighted by atomic mass is 16.2. The highest BCUT2D eigenvalue weighted by Crippen LogP contribution is 2.26. The van der Waals surface area contributed by atoms with Crippen molar-refractivity contribution in [3.63, 3.8) is 0 Å². The maximum Gasteiger partial charge on any atom is 0.251 e. The first-order valence-electron chi connectivity index (χ1n) is 7.83. The van der Waals surface area contributed by atoms with Gasteiger partial charge in [-0.3, -0.25) is 9.59 Å². The Morgan fingerprint density at radius 3 is 2.38 bits per heavy atom. The van der Waals surface area contributed by atoms with Crippen LogP contribution in [0.3, 0.4) is 0 Å². The van der Waals surface area contributed by atoms with Crippen molar-refractivity contribution in [3.05, 3.63) is 30.3 Å². The van der Waals surface area contributed by atoms with Gasteiger partial charge >= 0.3 is 0 Å². The van der Waals surface area contributed by atoms with Crippen molar-refractivity contribution in [2.45, 2.75) is 51.1 Å². The molecule has 1 aromatic carbocycles. The number of nitrogens with zero attached hydrogens (tertiary/aromatic N) is 1. The van der Waals surface area contributed by atoms with Crippen LogP contribution in [0.15, 0.2) is 30.3 Å². The molecule has 0 radical (unpaired) electrons. The summed E-state index contributed by atoms with van der Waals surface area (Å²) in [5.74, 6) is 0.572. The number of para-hydroxylation sites is 1. The minimum Gasteiger partial charge on any atom is -0.303 e. The zero-order valence-electron chi connectivity index (χ0n) is 12.4. The summed E-state index contributed by atoms with van der Waals surface area (Å²) in [7, 11) is 0. The summed E-state index contributed by atoms with van der Waals surface area (Å²) < 4.78 is 0. The number of benzene rings is 1. The van der Waals surface area contributed by atoms with Crippen LogP contribution in [0.4, 0.5) is 5.69 Å². The van der Waals surface area contributed by atoms with Gasteiger partial charge in [-0.05, 0) is 43.7 Å². The smallest absolute Gasteiger partial charge is 0.251 e. The maximum absolute atomic E-state index is 12.5. The molecule has 1 N–H and O–H groups in total. The molecule has 3 rings (SSSR count). The fraction of sp³-hybridized carbons (Fsp3) is 0.529. The molecule has 2 fully saturated rings. The lowest BCUT2D eigenvalue weighted by Gasteiger charge is -2.28. The number of amides is 2. The highest BCUT2D eigenvalue weighted by molar-refractivity contribution is 6.22. The third-order valence-corrected chi connectivity index (χ3v) is 4.61. The minimum absolute atomic E-state index is 0.104. The van der Waals surface area contributed by atoms with Gasteiger partial charge in [-0.1, -0.05) is 25.1 Å². The van der Waals surface area contributed by atoms with Crippen molar-refractivity contribution in [1.82, 2.24) is 5.32 Å². The van der Waals surface area contributed by atoms with Gasteiger partial charge in [-0.2, -0.15) is 0 Å². The Bertz CT molecular complexity index is 521. The molecule has 1 atom stereocenters. The van der Waals surface area contributed by atoms with Crippen LogP contribution in [0.25, 0.3) is 0 Å². The van der Waals surface area contributed by atoms with Crippen molar-refractivity contribution >= 4 is 17.5 Å². The fourth-order valence-corrected chi connectivity index (χ4v) is 3.32. The molecular weight excluding hydrogens is 264 g/mol. The molecule has 112 valence electrons. The van der Waals surface area contributed by atoms with Gasteiger partial charge in [0.1, 0.15) is 0 Å². The Kier molecular flexibility index (Phi) is 4.06. The average molecular weight is 286 g/mol. The minimum atomic E-state index is -0.351. The molecule has 2 aliphatic rings. The molecule has 2 amide bonds. The van der Waals surface area contributed by atoms with Crippen LogP contribution in [0.5, 0.6) is 0 Å². The molecule has 1 aliphatic carbocycles. The molecular formula is C17H22N2O2. The standard InChI is InChI=1S/C17H22N2O2/c1-12-7-9-13(10-8-12)18-15-11-16(20)19(17(15)21)14-5-3-2-4-6-14/h2-6,12-13,15,18H,7-11H2,1H3/t12?,13?,15-/m0/s1.